The molecular weight excluding hydrogens is 248 g/mol. The minimum absolute atomic E-state index is 0.0223. The van der Waals surface area contributed by atoms with Crippen molar-refractivity contribution in [1.29, 1.82) is 0 Å². The summed E-state index contributed by atoms with van der Waals surface area (Å²) in [6.07, 6.45) is -1.23. The van der Waals surface area contributed by atoms with E-state index in [2.05, 4.69) is 15.0 Å². The van der Waals surface area contributed by atoms with Gasteiger partial charge in [-0.3, -0.25) is 4.79 Å². The van der Waals surface area contributed by atoms with E-state index in [-0.39, 0.29) is 23.6 Å². The Morgan fingerprint density at radius 1 is 1.59 bits per heavy atom. The number of aromatic nitrogens is 1. The lowest BCUT2D eigenvalue weighted by molar-refractivity contribution is 0.0142. The number of pyridine rings is 1. The van der Waals surface area contributed by atoms with Crippen LogP contribution in [-0.2, 0) is 0 Å². The molecule has 17 heavy (non-hydrogen) atoms. The third-order valence-corrected chi connectivity index (χ3v) is 2.39. The van der Waals surface area contributed by atoms with Crippen molar-refractivity contribution in [2.75, 3.05) is 6.54 Å². The molecule has 0 aliphatic rings. The molecule has 1 aromatic rings. The molecule has 7 nitrogen and oxygen atoms in total. The molecule has 1 heterocycles. The van der Waals surface area contributed by atoms with Crippen LogP contribution in [0.2, 0.25) is 5.02 Å². The zero-order valence-electron chi connectivity index (χ0n) is 8.75. The summed E-state index contributed by atoms with van der Waals surface area (Å²) in [7, 11) is 0. The number of nitrogens with zero attached hydrogens (tertiary/aromatic N) is 3. The maximum absolute atomic E-state index is 11.4. The Bertz CT molecular complexity index is 483. The molecule has 0 bridgehead atoms. The highest BCUT2D eigenvalue weighted by molar-refractivity contribution is 6.30. The van der Waals surface area contributed by atoms with Crippen molar-refractivity contribution in [3.63, 3.8) is 0 Å². The zero-order valence-corrected chi connectivity index (χ0v) is 9.50. The molecule has 0 aromatic carbocycles. The fourth-order valence-corrected chi connectivity index (χ4v) is 1.47. The van der Waals surface area contributed by atoms with Gasteiger partial charge in [0.25, 0.3) is 5.56 Å². The van der Waals surface area contributed by atoms with Crippen molar-refractivity contribution in [3.8, 4) is 0 Å². The van der Waals surface area contributed by atoms with Crippen LogP contribution < -0.4 is 5.56 Å². The molecule has 3 N–H and O–H groups in total. The van der Waals surface area contributed by atoms with Gasteiger partial charge in [-0.2, -0.15) is 0 Å². The van der Waals surface area contributed by atoms with Gasteiger partial charge in [-0.15, -0.1) is 0 Å². The van der Waals surface area contributed by atoms with E-state index in [1.165, 1.54) is 12.3 Å². The number of H-pyrrole nitrogens is 1. The van der Waals surface area contributed by atoms with Crippen molar-refractivity contribution in [3.05, 3.63) is 43.6 Å². The van der Waals surface area contributed by atoms with Crippen LogP contribution in [0.3, 0.4) is 0 Å². The van der Waals surface area contributed by atoms with E-state index in [1.54, 1.807) is 0 Å². The summed E-state index contributed by atoms with van der Waals surface area (Å²) in [4.78, 5) is 16.2. The highest BCUT2D eigenvalue weighted by Crippen LogP contribution is 2.18. The second kappa shape index (κ2) is 6.27. The number of halogens is 1. The lowest BCUT2D eigenvalue weighted by Gasteiger charge is -2.16. The van der Waals surface area contributed by atoms with Gasteiger partial charge in [0.05, 0.1) is 11.1 Å². The fourth-order valence-electron chi connectivity index (χ4n) is 1.29. The highest BCUT2D eigenvalue weighted by atomic mass is 35.5. The molecule has 0 radical (unpaired) electrons. The molecule has 2 atom stereocenters. The van der Waals surface area contributed by atoms with Crippen molar-refractivity contribution in [1.82, 2.24) is 4.98 Å². The standard InChI is InChI=1S/C9H11ClN4O3/c10-5-3-6(9(17)12-4-5)8(16)7(15)1-2-13-14-11/h3-4,7-8,15-16H,1-2H2,(H,12,17). The SMILES string of the molecule is [N-]=[N+]=NCCC(O)C(O)c1cc(Cl)c[nH]c1=O. The number of aliphatic hydroxyl groups is 2. The number of azide groups is 1. The first-order chi connectivity index (χ1) is 8.06. The van der Waals surface area contributed by atoms with Crippen molar-refractivity contribution < 1.29 is 10.2 Å². The first-order valence-corrected chi connectivity index (χ1v) is 5.19. The number of hydrogen-bond acceptors (Lipinski definition) is 4. The highest BCUT2D eigenvalue weighted by Gasteiger charge is 2.20. The van der Waals surface area contributed by atoms with E-state index in [0.717, 1.165) is 0 Å². The first kappa shape index (κ1) is 13.5. The zero-order chi connectivity index (χ0) is 12.8. The molecule has 1 rings (SSSR count). The summed E-state index contributed by atoms with van der Waals surface area (Å²) in [6.45, 7) is 0.0349. The lowest BCUT2D eigenvalue weighted by Crippen LogP contribution is -2.25. The average molecular weight is 259 g/mol. The van der Waals surface area contributed by atoms with Crippen molar-refractivity contribution >= 4 is 11.6 Å². The largest absolute Gasteiger partial charge is 0.390 e. The van der Waals surface area contributed by atoms with Gasteiger partial charge < -0.3 is 15.2 Å². The number of hydrogen-bond donors (Lipinski definition) is 3. The number of aliphatic hydroxyl groups excluding tert-OH is 2. The van der Waals surface area contributed by atoms with Crippen LogP contribution in [0.15, 0.2) is 22.2 Å². The van der Waals surface area contributed by atoms with E-state index >= 15 is 0 Å². The second-order valence-corrected chi connectivity index (χ2v) is 3.79. The Hall–Kier alpha value is -1.53. The van der Waals surface area contributed by atoms with Crippen molar-refractivity contribution in [2.45, 2.75) is 18.6 Å². The van der Waals surface area contributed by atoms with Gasteiger partial charge in [0.1, 0.15) is 6.10 Å². The molecule has 2 unspecified atom stereocenters. The monoisotopic (exact) mass is 258 g/mol. The lowest BCUT2D eigenvalue weighted by atomic mass is 10.0. The molecule has 0 fully saturated rings. The summed E-state index contributed by atoms with van der Waals surface area (Å²) in [5.41, 5.74) is 7.51. The molecule has 0 saturated heterocycles. The van der Waals surface area contributed by atoms with Crippen LogP contribution in [0.4, 0.5) is 0 Å². The first-order valence-electron chi connectivity index (χ1n) is 4.81. The second-order valence-electron chi connectivity index (χ2n) is 3.36. The Balaban J connectivity index is 2.80. The summed E-state index contributed by atoms with van der Waals surface area (Å²) in [5.74, 6) is 0. The topological polar surface area (TPSA) is 122 Å². The maximum Gasteiger partial charge on any atom is 0.253 e. The number of aromatic amines is 1. The number of nitrogens with one attached hydrogen (secondary N) is 1. The smallest absolute Gasteiger partial charge is 0.253 e. The van der Waals surface area contributed by atoms with E-state index < -0.39 is 17.8 Å². The molecule has 0 amide bonds. The third-order valence-electron chi connectivity index (χ3n) is 2.17. The molecule has 0 spiro atoms. The van der Waals surface area contributed by atoms with Crippen molar-refractivity contribution in [2.24, 2.45) is 5.11 Å². The van der Waals surface area contributed by atoms with Crippen LogP contribution in [0, 0.1) is 0 Å². The van der Waals surface area contributed by atoms with Gasteiger partial charge in [0.15, 0.2) is 0 Å². The minimum Gasteiger partial charge on any atom is -0.390 e. The predicted octanol–water partition coefficient (Wildman–Crippen LogP) is 1.12. The van der Waals surface area contributed by atoms with Crippen LogP contribution >= 0.6 is 11.6 Å². The molecule has 92 valence electrons. The molecule has 1 aromatic heterocycles. The normalized spacial score (nSPS) is 13.8. The van der Waals surface area contributed by atoms with Crippen LogP contribution in [0.1, 0.15) is 18.1 Å². The molecular formula is C9H11ClN4O3. The van der Waals surface area contributed by atoms with E-state index in [4.69, 9.17) is 17.1 Å². The van der Waals surface area contributed by atoms with Gasteiger partial charge in [0.2, 0.25) is 0 Å². The Morgan fingerprint density at radius 3 is 2.94 bits per heavy atom. The van der Waals surface area contributed by atoms with Gasteiger partial charge in [0, 0.05) is 23.2 Å². The van der Waals surface area contributed by atoms with Gasteiger partial charge in [-0.25, -0.2) is 0 Å². The summed E-state index contributed by atoms with van der Waals surface area (Å²) < 4.78 is 0. The Kier molecular flexibility index (Phi) is 4.99. The minimum atomic E-state index is -1.37. The maximum atomic E-state index is 11.4. The molecule has 0 saturated carbocycles. The van der Waals surface area contributed by atoms with Crippen LogP contribution in [0.5, 0.6) is 0 Å². The van der Waals surface area contributed by atoms with Gasteiger partial charge in [-0.1, -0.05) is 16.7 Å². The van der Waals surface area contributed by atoms with E-state index in [0.29, 0.717) is 0 Å². The Labute approximate surface area is 101 Å². The van der Waals surface area contributed by atoms with E-state index in [9.17, 15) is 15.0 Å². The third kappa shape index (κ3) is 3.76. The fraction of sp³-hybridized carbons (Fsp3) is 0.444. The summed E-state index contributed by atoms with van der Waals surface area (Å²) in [6, 6.07) is 1.28. The molecule has 0 aliphatic carbocycles. The Morgan fingerprint density at radius 2 is 2.29 bits per heavy atom. The molecule has 8 heteroatoms. The number of rotatable bonds is 5. The average Bonchev–Trinajstić information content (AvgIpc) is 2.31. The molecule has 0 aliphatic heterocycles. The summed E-state index contributed by atoms with van der Waals surface area (Å²) in [5, 5.41) is 22.8. The summed E-state index contributed by atoms with van der Waals surface area (Å²) >= 11 is 5.66. The van der Waals surface area contributed by atoms with E-state index in [1.807, 2.05) is 0 Å². The van der Waals surface area contributed by atoms with Gasteiger partial charge >= 0.3 is 0 Å². The van der Waals surface area contributed by atoms with Gasteiger partial charge in [-0.05, 0) is 18.0 Å². The van der Waals surface area contributed by atoms with Crippen LogP contribution in [0.25, 0.3) is 10.4 Å². The van der Waals surface area contributed by atoms with Crippen LogP contribution in [-0.4, -0.2) is 27.8 Å². The quantitative estimate of drug-likeness (QED) is 0.417. The predicted molar refractivity (Wildman–Crippen MR) is 61.7 cm³/mol.